The summed E-state index contributed by atoms with van der Waals surface area (Å²) in [5, 5.41) is 46.4. The highest BCUT2D eigenvalue weighted by atomic mass is 19.1. The van der Waals surface area contributed by atoms with E-state index in [1.165, 1.54) is 19.8 Å². The van der Waals surface area contributed by atoms with E-state index in [0.717, 1.165) is 30.3 Å². The predicted molar refractivity (Wildman–Crippen MR) is 139 cm³/mol. The van der Waals surface area contributed by atoms with Crippen molar-refractivity contribution < 1.29 is 39.1 Å². The summed E-state index contributed by atoms with van der Waals surface area (Å²) < 4.78 is 19.8. The van der Waals surface area contributed by atoms with Gasteiger partial charge in [-0.3, -0.25) is 9.69 Å². The second-order valence-electron chi connectivity index (χ2n) is 11.4. The zero-order valence-corrected chi connectivity index (χ0v) is 21.7. The number of rotatable bonds is 6. The first-order valence-electron chi connectivity index (χ1n) is 13.2. The van der Waals surface area contributed by atoms with Gasteiger partial charge in [0.05, 0.1) is 27.8 Å². The molecule has 2 aromatic carbocycles. The van der Waals surface area contributed by atoms with Gasteiger partial charge in [-0.15, -0.1) is 0 Å². The van der Waals surface area contributed by atoms with Crippen molar-refractivity contribution in [1.82, 2.24) is 4.90 Å². The lowest BCUT2D eigenvalue weighted by Crippen LogP contribution is -2.73. The van der Waals surface area contributed by atoms with Crippen molar-refractivity contribution in [2.45, 2.75) is 62.7 Å². The fourth-order valence-corrected chi connectivity index (χ4v) is 6.90. The Labute approximate surface area is 224 Å². The van der Waals surface area contributed by atoms with Crippen LogP contribution in [-0.4, -0.2) is 68.0 Å². The first-order valence-corrected chi connectivity index (χ1v) is 13.2. The number of benzene rings is 2. The van der Waals surface area contributed by atoms with Crippen molar-refractivity contribution >= 4 is 17.6 Å². The molecule has 2 aliphatic heterocycles. The van der Waals surface area contributed by atoms with Gasteiger partial charge in [0.15, 0.2) is 17.6 Å². The summed E-state index contributed by atoms with van der Waals surface area (Å²) >= 11 is 0. The number of piperidine rings is 1. The maximum absolute atomic E-state index is 13.6. The molecule has 1 saturated carbocycles. The molecule has 4 atom stereocenters. The predicted octanol–water partition coefficient (Wildman–Crippen LogP) is 3.49. The fraction of sp³-hybridized carbons (Fsp3) is 0.448. The number of carbonyl (C=O) groups excluding carboxylic acids is 1. The summed E-state index contributed by atoms with van der Waals surface area (Å²) in [6.45, 7) is 4.66. The van der Waals surface area contributed by atoms with Gasteiger partial charge in [0.2, 0.25) is 0 Å². The van der Waals surface area contributed by atoms with E-state index in [-0.39, 0.29) is 28.8 Å². The summed E-state index contributed by atoms with van der Waals surface area (Å²) in [5.41, 5.74) is -1.63. The lowest BCUT2D eigenvalue weighted by atomic mass is 9.53. The number of hydrogen-bond donors (Lipinski definition) is 5. The van der Waals surface area contributed by atoms with Crippen molar-refractivity contribution in [2.75, 3.05) is 18.4 Å². The number of carboxylic acids is 1. The average molecular weight is 539 g/mol. The number of hydrogen-bond acceptors (Lipinski definition) is 7. The van der Waals surface area contributed by atoms with Crippen LogP contribution in [0.3, 0.4) is 0 Å². The van der Waals surface area contributed by atoms with E-state index >= 15 is 0 Å². The van der Waals surface area contributed by atoms with E-state index in [2.05, 4.69) is 10.2 Å². The molecule has 1 spiro atoms. The maximum Gasteiger partial charge on any atom is 0.337 e. The Morgan fingerprint density at radius 1 is 1.21 bits per heavy atom. The number of aromatic carboxylic acids is 1. The van der Waals surface area contributed by atoms with Crippen LogP contribution >= 0.6 is 0 Å². The number of fused-ring (bicyclic) bond motifs is 1. The van der Waals surface area contributed by atoms with Crippen LogP contribution in [0.2, 0.25) is 0 Å². The monoisotopic (exact) mass is 538 g/mol. The van der Waals surface area contributed by atoms with Crippen LogP contribution in [0.25, 0.3) is 0 Å². The number of aromatic hydroxyl groups is 1. The minimum atomic E-state index is -1.42. The molecule has 2 aromatic rings. The van der Waals surface area contributed by atoms with E-state index in [4.69, 9.17) is 4.74 Å². The van der Waals surface area contributed by atoms with Gasteiger partial charge in [-0.25, -0.2) is 9.18 Å². The van der Waals surface area contributed by atoms with Crippen molar-refractivity contribution in [3.63, 3.8) is 0 Å². The summed E-state index contributed by atoms with van der Waals surface area (Å²) in [6, 6.07) is 6.09. The number of phenolic OH excluding ortho intramolecular Hbond substituents is 1. The van der Waals surface area contributed by atoms with Gasteiger partial charge in [0, 0.05) is 18.2 Å². The summed E-state index contributed by atoms with van der Waals surface area (Å²) in [5.74, 6) is -2.73. The van der Waals surface area contributed by atoms with Gasteiger partial charge in [-0.05, 0) is 81.8 Å². The van der Waals surface area contributed by atoms with Gasteiger partial charge >= 0.3 is 5.97 Å². The summed E-state index contributed by atoms with van der Waals surface area (Å²) in [4.78, 5) is 27.1. The SMILES string of the molecule is C/C(C(=O)Nc1ccc(F)cc1C(=O)O)=C(/O)[C@@H]1Oc2c(O)ccc3c2[C@@]12CCN(CC1CC1)[C@H](C3)[C@@]2(C)O. The first-order chi connectivity index (χ1) is 18.5. The second-order valence-corrected chi connectivity index (χ2v) is 11.4. The van der Waals surface area contributed by atoms with E-state index in [0.29, 0.717) is 30.9 Å². The molecule has 0 radical (unpaired) electrons. The number of amides is 1. The molecule has 6 rings (SSSR count). The Kier molecular flexibility index (Phi) is 5.71. The first kappa shape index (κ1) is 25.6. The van der Waals surface area contributed by atoms with Crippen LogP contribution in [0.15, 0.2) is 41.7 Å². The third-order valence-corrected chi connectivity index (χ3v) is 9.18. The van der Waals surface area contributed by atoms with E-state index in [9.17, 15) is 34.4 Å². The zero-order valence-electron chi connectivity index (χ0n) is 21.7. The number of carbonyl (C=O) groups is 2. The van der Waals surface area contributed by atoms with Crippen molar-refractivity contribution in [3.05, 3.63) is 64.2 Å². The number of aliphatic hydroxyl groups is 2. The Balaban J connectivity index is 1.41. The van der Waals surface area contributed by atoms with Gasteiger partial charge in [0.1, 0.15) is 11.6 Å². The number of carboxylic acid groups (broad SMARTS) is 1. The molecule has 1 amide bonds. The Bertz CT molecular complexity index is 1430. The number of aliphatic hydroxyl groups excluding tert-OH is 1. The van der Waals surface area contributed by atoms with Crippen molar-refractivity contribution in [3.8, 4) is 11.5 Å². The van der Waals surface area contributed by atoms with Crippen molar-refractivity contribution in [1.29, 1.82) is 0 Å². The number of anilines is 1. The van der Waals surface area contributed by atoms with Crippen LogP contribution in [0.1, 0.15) is 54.6 Å². The van der Waals surface area contributed by atoms with E-state index < -0.39 is 46.1 Å². The molecule has 0 unspecified atom stereocenters. The summed E-state index contributed by atoms with van der Waals surface area (Å²) in [6.07, 6.45) is 2.17. The Hall–Kier alpha value is -3.63. The van der Waals surface area contributed by atoms with Crippen molar-refractivity contribution in [2.24, 2.45) is 5.92 Å². The Morgan fingerprint density at radius 3 is 2.64 bits per heavy atom. The topological polar surface area (TPSA) is 140 Å². The van der Waals surface area contributed by atoms with Crippen LogP contribution in [-0.2, 0) is 16.6 Å². The number of ether oxygens (including phenoxy) is 1. The highest BCUT2D eigenvalue weighted by Crippen LogP contribution is 2.63. The number of nitrogens with zero attached hydrogens (tertiary/aromatic N) is 1. The lowest BCUT2D eigenvalue weighted by molar-refractivity contribution is -0.153. The molecule has 9 nitrogen and oxygen atoms in total. The minimum Gasteiger partial charge on any atom is -0.508 e. The molecule has 2 fully saturated rings. The van der Waals surface area contributed by atoms with Gasteiger partial charge in [-0.2, -0.15) is 0 Å². The second kappa shape index (κ2) is 8.69. The fourth-order valence-electron chi connectivity index (χ4n) is 6.90. The van der Waals surface area contributed by atoms with E-state index in [1.807, 2.05) is 6.07 Å². The Morgan fingerprint density at radius 2 is 1.95 bits per heavy atom. The minimum absolute atomic E-state index is 0.113. The molecule has 206 valence electrons. The third kappa shape index (κ3) is 3.72. The molecule has 39 heavy (non-hydrogen) atoms. The van der Waals surface area contributed by atoms with Gasteiger partial charge in [-0.1, -0.05) is 6.07 Å². The lowest BCUT2D eigenvalue weighted by Gasteiger charge is -2.59. The largest absolute Gasteiger partial charge is 0.508 e. The smallest absolute Gasteiger partial charge is 0.337 e. The zero-order chi connectivity index (χ0) is 27.9. The third-order valence-electron chi connectivity index (χ3n) is 9.18. The van der Waals surface area contributed by atoms with Crippen LogP contribution in [0, 0.1) is 11.7 Å². The highest BCUT2D eigenvalue weighted by Gasteiger charge is 2.69. The number of likely N-dealkylation sites (tertiary alicyclic amines) is 1. The number of halogens is 1. The molecular weight excluding hydrogens is 507 g/mol. The standard InChI is InChI=1S/C29H31FN2O7/c1-14(26(35)31-19-7-6-17(30)12-18(19)27(36)37)23(34)25-29-9-10-32(13-15-3-4-15)21(28(29,2)38)11-16-5-8-20(33)24(39-25)22(16)29/h5-8,12,15,21,25,33-34,38H,3-4,9-11,13H2,1-2H3,(H,31,35)(H,36,37)/b23-14-/t21-,25+,28-,29+/m1/s1. The molecule has 1 saturated heterocycles. The van der Waals surface area contributed by atoms with E-state index in [1.54, 1.807) is 13.0 Å². The molecule has 0 aromatic heterocycles. The maximum atomic E-state index is 13.6. The van der Waals surface area contributed by atoms with Crippen LogP contribution < -0.4 is 10.1 Å². The molecule has 5 N–H and O–H groups in total. The molecule has 2 heterocycles. The van der Waals surface area contributed by atoms with Gasteiger partial charge < -0.3 is 30.5 Å². The molecular formula is C29H31FN2O7. The van der Waals surface area contributed by atoms with Gasteiger partial charge in [0.25, 0.3) is 5.91 Å². The molecule has 4 aliphatic rings. The highest BCUT2D eigenvalue weighted by molar-refractivity contribution is 6.07. The number of nitrogens with one attached hydrogen (secondary N) is 1. The van der Waals surface area contributed by atoms with Crippen LogP contribution in [0.4, 0.5) is 10.1 Å². The van der Waals surface area contributed by atoms with Crippen LogP contribution in [0.5, 0.6) is 11.5 Å². The molecule has 2 aliphatic carbocycles. The quantitative estimate of drug-likeness (QED) is 0.278. The normalized spacial score (nSPS) is 29.7. The molecule has 2 bridgehead atoms. The average Bonchev–Trinajstić information content (AvgIpc) is 3.63. The number of phenols is 1. The molecule has 10 heteroatoms. The summed E-state index contributed by atoms with van der Waals surface area (Å²) in [7, 11) is 0.